The molecule has 1 unspecified atom stereocenters. The number of hydrogen-bond acceptors (Lipinski definition) is 6. The summed E-state index contributed by atoms with van der Waals surface area (Å²) >= 11 is 0. The van der Waals surface area contributed by atoms with Crippen molar-refractivity contribution in [3.05, 3.63) is 71.7 Å². The van der Waals surface area contributed by atoms with Crippen LogP contribution in [0.3, 0.4) is 0 Å². The van der Waals surface area contributed by atoms with Crippen LogP contribution >= 0.6 is 0 Å². The number of nitrogens with one attached hydrogen (secondary N) is 2. The van der Waals surface area contributed by atoms with E-state index in [9.17, 15) is 9.59 Å². The lowest BCUT2D eigenvalue weighted by Crippen LogP contribution is -2.35. The third-order valence-electron chi connectivity index (χ3n) is 5.44. The molecule has 29 heavy (non-hydrogen) atoms. The number of ether oxygens (including phenoxy) is 1. The normalized spacial score (nSPS) is 18.8. The van der Waals surface area contributed by atoms with Crippen molar-refractivity contribution >= 4 is 29.3 Å². The van der Waals surface area contributed by atoms with E-state index in [4.69, 9.17) is 9.84 Å². The zero-order valence-corrected chi connectivity index (χ0v) is 15.2. The summed E-state index contributed by atoms with van der Waals surface area (Å²) in [4.78, 5) is 31.9. The molecule has 1 aromatic carbocycles. The van der Waals surface area contributed by atoms with Gasteiger partial charge in [-0.2, -0.15) is 0 Å². The fourth-order valence-corrected chi connectivity index (χ4v) is 4.16. The molecule has 3 N–H and O–H groups in total. The van der Waals surface area contributed by atoms with Gasteiger partial charge in [0.05, 0.1) is 17.3 Å². The molecule has 8 nitrogen and oxygen atoms in total. The van der Waals surface area contributed by atoms with Crippen LogP contribution in [0.5, 0.6) is 5.75 Å². The minimum atomic E-state index is -1.41. The molecule has 2 aromatic heterocycles. The number of nitrogens with zero attached hydrogens (tertiary/aromatic N) is 2. The molecule has 0 saturated carbocycles. The van der Waals surface area contributed by atoms with E-state index < -0.39 is 11.6 Å². The second-order valence-electron chi connectivity index (χ2n) is 7.14. The third-order valence-corrected chi connectivity index (χ3v) is 5.44. The Balaban J connectivity index is 1.45. The predicted octanol–water partition coefficient (Wildman–Crippen LogP) is 3.27. The minimum absolute atomic E-state index is 0.0248. The molecule has 144 valence electrons. The molecular weight excluding hydrogens is 372 g/mol. The molecule has 0 bridgehead atoms. The number of rotatable bonds is 3. The number of carbonyl (C=O) groups excluding carboxylic acids is 1. The number of hydrogen-bond donors (Lipinski definition) is 3. The van der Waals surface area contributed by atoms with Crippen LogP contribution in [-0.2, 0) is 23.1 Å². The molecule has 1 amide bonds. The maximum absolute atomic E-state index is 12.8. The second kappa shape index (κ2) is 6.30. The first-order valence-electron chi connectivity index (χ1n) is 9.06. The van der Waals surface area contributed by atoms with Crippen LogP contribution in [0.15, 0.2) is 55.0 Å². The van der Waals surface area contributed by atoms with E-state index >= 15 is 0 Å². The molecule has 1 spiro atoms. The van der Waals surface area contributed by atoms with Gasteiger partial charge in [0.2, 0.25) is 5.91 Å². The van der Waals surface area contributed by atoms with Gasteiger partial charge in [-0.3, -0.25) is 9.78 Å². The molecule has 3 aromatic rings. The van der Waals surface area contributed by atoms with Crippen molar-refractivity contribution in [3.8, 4) is 5.75 Å². The Kier molecular flexibility index (Phi) is 3.73. The van der Waals surface area contributed by atoms with Crippen molar-refractivity contribution in [2.75, 3.05) is 10.6 Å². The summed E-state index contributed by atoms with van der Waals surface area (Å²) in [6.45, 7) is 0. The Morgan fingerprint density at radius 1 is 1.17 bits per heavy atom. The van der Waals surface area contributed by atoms with Crippen molar-refractivity contribution in [1.82, 2.24) is 9.97 Å². The number of carboxylic acid groups (broad SMARTS) is 1. The van der Waals surface area contributed by atoms with Crippen molar-refractivity contribution in [2.45, 2.75) is 18.3 Å². The Morgan fingerprint density at radius 2 is 2.03 bits per heavy atom. The lowest BCUT2D eigenvalue weighted by Gasteiger charge is -2.20. The van der Waals surface area contributed by atoms with Gasteiger partial charge in [0.25, 0.3) is 0 Å². The maximum atomic E-state index is 12.8. The Hall–Kier alpha value is -3.94. The fraction of sp³-hybridized carbons (Fsp3) is 0.143. The van der Waals surface area contributed by atoms with Crippen LogP contribution in [0.4, 0.5) is 22.0 Å². The Morgan fingerprint density at radius 3 is 2.90 bits per heavy atom. The maximum Gasteiger partial charge on any atom is 0.511 e. The summed E-state index contributed by atoms with van der Waals surface area (Å²) in [6, 6.07) is 11.3. The first-order chi connectivity index (χ1) is 14.0. The molecule has 0 saturated heterocycles. The number of aromatic nitrogens is 2. The average Bonchev–Trinajstić information content (AvgIpc) is 3.21. The molecule has 0 fully saturated rings. The second-order valence-corrected chi connectivity index (χ2v) is 7.14. The monoisotopic (exact) mass is 388 g/mol. The number of carbonyl (C=O) groups is 2. The zero-order valence-electron chi connectivity index (χ0n) is 15.2. The summed E-state index contributed by atoms with van der Waals surface area (Å²) < 4.78 is 4.77. The van der Waals surface area contributed by atoms with Gasteiger partial charge in [0, 0.05) is 23.6 Å². The molecule has 1 atom stereocenters. The minimum Gasteiger partial charge on any atom is -0.449 e. The van der Waals surface area contributed by atoms with Crippen LogP contribution in [0.1, 0.15) is 16.7 Å². The van der Waals surface area contributed by atoms with Gasteiger partial charge in [-0.05, 0) is 48.2 Å². The van der Waals surface area contributed by atoms with Gasteiger partial charge in [-0.25, -0.2) is 9.78 Å². The molecule has 2 aliphatic rings. The van der Waals surface area contributed by atoms with Gasteiger partial charge < -0.3 is 20.5 Å². The standard InChI is InChI=1S/C21H16N4O4/c26-19-21(15-2-1-6-23-18(15)25-19)9-12-3-4-14(8-13(12)10-21)24-16-5-7-22-11-17(16)29-20(27)28/h1-8,11H,9-10H2,(H,22,24)(H,27,28)(H,23,25,26). The molecule has 1 aliphatic heterocycles. The summed E-state index contributed by atoms with van der Waals surface area (Å²) in [5.74, 6) is 0.728. The van der Waals surface area contributed by atoms with Gasteiger partial charge in [0.1, 0.15) is 5.82 Å². The highest BCUT2D eigenvalue weighted by molar-refractivity contribution is 6.06. The largest absolute Gasteiger partial charge is 0.511 e. The predicted molar refractivity (Wildman–Crippen MR) is 105 cm³/mol. The summed E-state index contributed by atoms with van der Waals surface area (Å²) in [5, 5.41) is 15.0. The number of fused-ring (bicyclic) bond motifs is 3. The van der Waals surface area contributed by atoms with Crippen molar-refractivity contribution in [3.63, 3.8) is 0 Å². The van der Waals surface area contributed by atoms with E-state index in [0.29, 0.717) is 24.3 Å². The van der Waals surface area contributed by atoms with Crippen molar-refractivity contribution in [1.29, 1.82) is 0 Å². The average molecular weight is 388 g/mol. The highest BCUT2D eigenvalue weighted by Gasteiger charge is 2.51. The molecule has 3 heterocycles. The first-order valence-corrected chi connectivity index (χ1v) is 9.06. The van der Waals surface area contributed by atoms with E-state index in [1.807, 2.05) is 30.3 Å². The van der Waals surface area contributed by atoms with E-state index in [1.54, 1.807) is 18.5 Å². The van der Waals surface area contributed by atoms with Crippen LogP contribution in [0.25, 0.3) is 0 Å². The molecular formula is C21H16N4O4. The number of pyridine rings is 2. The molecule has 8 heteroatoms. The Labute approximate surface area is 165 Å². The van der Waals surface area contributed by atoms with E-state index in [0.717, 1.165) is 22.4 Å². The van der Waals surface area contributed by atoms with Gasteiger partial charge in [-0.1, -0.05) is 12.1 Å². The topological polar surface area (TPSA) is 113 Å². The number of anilines is 3. The lowest BCUT2D eigenvalue weighted by atomic mass is 9.79. The van der Waals surface area contributed by atoms with E-state index in [2.05, 4.69) is 20.6 Å². The van der Waals surface area contributed by atoms with Crippen LogP contribution in [0, 0.1) is 0 Å². The van der Waals surface area contributed by atoms with Gasteiger partial charge in [-0.15, -0.1) is 0 Å². The number of benzene rings is 1. The van der Waals surface area contributed by atoms with Crippen LogP contribution in [-0.4, -0.2) is 27.1 Å². The lowest BCUT2D eigenvalue weighted by molar-refractivity contribution is -0.120. The van der Waals surface area contributed by atoms with Crippen molar-refractivity contribution in [2.24, 2.45) is 0 Å². The van der Waals surface area contributed by atoms with Crippen LogP contribution < -0.4 is 15.4 Å². The molecule has 5 rings (SSSR count). The highest BCUT2D eigenvalue weighted by Crippen LogP contribution is 2.47. The quantitative estimate of drug-likeness (QED) is 0.590. The summed E-state index contributed by atoms with van der Waals surface area (Å²) in [7, 11) is 0. The molecule has 1 aliphatic carbocycles. The third kappa shape index (κ3) is 2.77. The van der Waals surface area contributed by atoms with Crippen molar-refractivity contribution < 1.29 is 19.4 Å². The summed E-state index contributed by atoms with van der Waals surface area (Å²) in [6.07, 6.45) is 4.36. The van der Waals surface area contributed by atoms with E-state index in [1.165, 1.54) is 6.20 Å². The zero-order chi connectivity index (χ0) is 20.0. The first kappa shape index (κ1) is 17.2. The van der Waals surface area contributed by atoms with E-state index in [-0.39, 0.29) is 11.7 Å². The smallest absolute Gasteiger partial charge is 0.449 e. The van der Waals surface area contributed by atoms with Gasteiger partial charge >= 0.3 is 6.16 Å². The molecule has 0 radical (unpaired) electrons. The SMILES string of the molecule is O=C(O)Oc1cnccc1Nc1ccc2c(c1)CC1(C2)C(=O)Nc2ncccc21. The van der Waals surface area contributed by atoms with Gasteiger partial charge in [0.15, 0.2) is 5.75 Å². The number of amides is 1. The Bertz CT molecular complexity index is 1160. The fourth-order valence-electron chi connectivity index (χ4n) is 4.16. The highest BCUT2D eigenvalue weighted by atomic mass is 16.7. The summed E-state index contributed by atoms with van der Waals surface area (Å²) in [5.41, 5.74) is 3.74. The van der Waals surface area contributed by atoms with Crippen LogP contribution in [0.2, 0.25) is 0 Å².